The Hall–Kier alpha value is -9.48. The van der Waals surface area contributed by atoms with Crippen LogP contribution in [0.4, 0.5) is 17.1 Å². The van der Waals surface area contributed by atoms with Gasteiger partial charge in [-0.2, -0.15) is 0 Å². The second-order valence-corrected chi connectivity index (χ2v) is 23.0. The van der Waals surface area contributed by atoms with Crippen LogP contribution in [-0.2, 0) is 0 Å². The molecule has 13 aromatic rings. The first-order chi connectivity index (χ1) is 37.1. The van der Waals surface area contributed by atoms with E-state index in [-0.39, 0.29) is 0 Å². The molecule has 0 atom stereocenters. The maximum absolute atomic E-state index is 6.69. The minimum absolute atomic E-state index is 0.806. The van der Waals surface area contributed by atoms with Gasteiger partial charge in [-0.3, -0.25) is 0 Å². The topological polar surface area (TPSA) is 21.3 Å². The highest BCUT2D eigenvalue weighted by Crippen LogP contribution is 2.44. The Bertz CT molecular complexity index is 4150. The van der Waals surface area contributed by atoms with Crippen molar-refractivity contribution in [2.75, 3.05) is 4.90 Å². The number of anilines is 3. The molecule has 0 amide bonds. The van der Waals surface area contributed by atoms with Crippen molar-refractivity contribution in [3.63, 3.8) is 0 Å². The largest absolute Gasteiger partial charge is 0.454 e. The molecule has 2 heterocycles. The Morgan fingerprint density at radius 1 is 0.440 bits per heavy atom. The van der Waals surface area contributed by atoms with Crippen LogP contribution in [0, 0.1) is 0 Å². The van der Waals surface area contributed by atoms with Crippen LogP contribution in [0.5, 0.6) is 0 Å². The van der Waals surface area contributed by atoms with Gasteiger partial charge in [0.2, 0.25) is 0 Å². The van der Waals surface area contributed by atoms with Crippen LogP contribution in [0.1, 0.15) is 18.2 Å². The van der Waals surface area contributed by atoms with Gasteiger partial charge in [-0.1, -0.05) is 231 Å². The fourth-order valence-corrected chi connectivity index (χ4v) is 16.5. The van der Waals surface area contributed by atoms with Crippen molar-refractivity contribution >= 4 is 102 Å². The average molecular weight is 977 g/mol. The molecule has 3 nitrogen and oxygen atoms in total. The first kappa shape index (κ1) is 45.4. The highest BCUT2D eigenvalue weighted by Gasteiger charge is 2.41. The number of aromatic nitrogens is 1. The molecule has 2 aromatic heterocycles. The monoisotopic (exact) mass is 976 g/mol. The summed E-state index contributed by atoms with van der Waals surface area (Å²) in [5.41, 5.74) is 12.9. The molecule has 0 N–H and O–H groups in total. The Kier molecular flexibility index (Phi) is 11.6. The zero-order chi connectivity index (χ0) is 50.3. The van der Waals surface area contributed by atoms with Gasteiger partial charge >= 0.3 is 0 Å². The average Bonchev–Trinajstić information content (AvgIpc) is 4.02. The van der Waals surface area contributed by atoms with Crippen molar-refractivity contribution < 1.29 is 4.42 Å². The number of furan rings is 1. The number of para-hydroxylation sites is 2. The maximum atomic E-state index is 6.69. The number of allylic oxidation sites excluding steroid dienone is 1. The zero-order valence-electron chi connectivity index (χ0n) is 41.6. The number of nitrogens with zero attached hydrogens (tertiary/aromatic N) is 2. The summed E-state index contributed by atoms with van der Waals surface area (Å²) in [6.07, 6.45) is 5.93. The van der Waals surface area contributed by atoms with Gasteiger partial charge in [-0.25, -0.2) is 0 Å². The zero-order valence-corrected chi connectivity index (χ0v) is 42.6. The van der Waals surface area contributed by atoms with Crippen LogP contribution in [0.15, 0.2) is 284 Å². The Labute approximate surface area is 438 Å². The molecular formula is C71H52N2OSi. The normalized spacial score (nSPS) is 11.8. The predicted molar refractivity (Wildman–Crippen MR) is 322 cm³/mol. The summed E-state index contributed by atoms with van der Waals surface area (Å²) in [4.78, 5) is 2.41. The van der Waals surface area contributed by atoms with Crippen molar-refractivity contribution in [1.82, 2.24) is 4.57 Å². The molecule has 0 fully saturated rings. The summed E-state index contributed by atoms with van der Waals surface area (Å²) in [6, 6.07) is 98.1. The van der Waals surface area contributed by atoms with Crippen molar-refractivity contribution in [2.45, 2.75) is 6.92 Å². The van der Waals surface area contributed by atoms with Crippen molar-refractivity contribution in [2.24, 2.45) is 0 Å². The molecule has 11 aromatic carbocycles. The Balaban J connectivity index is 0.989. The predicted octanol–water partition coefficient (Wildman–Crippen LogP) is 16.5. The third-order valence-electron chi connectivity index (χ3n) is 15.0. The van der Waals surface area contributed by atoms with E-state index in [0.717, 1.165) is 67.2 Å². The van der Waals surface area contributed by atoms with E-state index < -0.39 is 8.07 Å². The van der Waals surface area contributed by atoms with E-state index in [4.69, 9.17) is 4.42 Å². The smallest absolute Gasteiger partial charge is 0.179 e. The third kappa shape index (κ3) is 7.65. The summed E-state index contributed by atoms with van der Waals surface area (Å²) in [5, 5.41) is 11.2. The Morgan fingerprint density at radius 2 is 0.973 bits per heavy atom. The van der Waals surface area contributed by atoms with Crippen LogP contribution in [0.25, 0.3) is 83.6 Å². The molecule has 0 saturated carbocycles. The van der Waals surface area contributed by atoms with E-state index in [1.54, 1.807) is 0 Å². The fourth-order valence-electron chi connectivity index (χ4n) is 11.8. The molecule has 0 aliphatic carbocycles. The van der Waals surface area contributed by atoms with Crippen molar-refractivity contribution in [3.8, 4) is 27.9 Å². The second kappa shape index (κ2) is 19.2. The number of rotatable bonds is 12. The molecule has 4 heteroatoms. The van der Waals surface area contributed by atoms with Crippen LogP contribution in [0.3, 0.4) is 0 Å². The second-order valence-electron chi connectivity index (χ2n) is 19.1. The molecule has 0 saturated heterocycles. The van der Waals surface area contributed by atoms with Gasteiger partial charge in [0.15, 0.2) is 13.7 Å². The van der Waals surface area contributed by atoms with Gasteiger partial charge in [0, 0.05) is 38.8 Å². The molecule has 0 aliphatic heterocycles. The van der Waals surface area contributed by atoms with Gasteiger partial charge in [-0.15, -0.1) is 0 Å². The summed E-state index contributed by atoms with van der Waals surface area (Å²) < 4.78 is 9.05. The number of fused-ring (bicyclic) bond motifs is 5. The highest BCUT2D eigenvalue weighted by atomic mass is 28.3. The minimum Gasteiger partial charge on any atom is -0.454 e. The fraction of sp³-hybridized carbons (Fsp3) is 0.0141. The van der Waals surface area contributed by atoms with E-state index in [1.807, 2.05) is 25.2 Å². The standard InChI is InChI=1S/C71H52N2OSi/c1-3-22-69-60(4-2)64-37-21-40-68(71(64)74-69)73-66-38-17-16-34-65(66)70-63(36-20-39-67(70)73)52-25-18-26-55(49-52)72(53-43-41-51(42-44-53)62-35-19-24-50-23-14-15-33-61(50)62)54-45-47-59(48-46-54)75(56-27-8-5-9-28-56,57-29-10-6-11-30-57)58-31-12-7-13-32-58/h3-49H,2H2,1H3/b22-3-. The third-order valence-corrected chi connectivity index (χ3v) is 19.8. The summed E-state index contributed by atoms with van der Waals surface area (Å²) in [7, 11) is -2.76. The van der Waals surface area contributed by atoms with Crippen molar-refractivity contribution in [3.05, 3.63) is 291 Å². The molecule has 0 radical (unpaired) electrons. The van der Waals surface area contributed by atoms with Crippen LogP contribution in [0.2, 0.25) is 0 Å². The summed E-state index contributed by atoms with van der Waals surface area (Å²) in [6.45, 7) is 6.18. The maximum Gasteiger partial charge on any atom is 0.179 e. The minimum atomic E-state index is -2.76. The van der Waals surface area contributed by atoms with E-state index in [0.29, 0.717) is 0 Å². The molecule has 0 aliphatic rings. The first-order valence-corrected chi connectivity index (χ1v) is 27.7. The molecule has 0 unspecified atom stereocenters. The molecule has 13 rings (SSSR count). The molecule has 0 bridgehead atoms. The molecular weight excluding hydrogens is 925 g/mol. The SMILES string of the molecule is C=Cc1c(/C=C\C)oc2c(-n3c4ccccc4c4c(-c5cccc(N(c6ccc(-c7cccc8ccccc78)cc6)c6ccc([Si](c7ccccc7)(c7ccccc7)c7ccccc7)cc6)c5)cccc43)cccc12. The van der Waals surface area contributed by atoms with Crippen LogP contribution in [-0.4, -0.2) is 12.6 Å². The quantitative estimate of drug-likeness (QED) is 0.0899. The van der Waals surface area contributed by atoms with Crippen molar-refractivity contribution in [1.29, 1.82) is 0 Å². The molecule has 0 spiro atoms. The van der Waals surface area contributed by atoms with Gasteiger partial charge in [0.1, 0.15) is 5.76 Å². The van der Waals surface area contributed by atoms with Crippen LogP contribution < -0.4 is 25.6 Å². The van der Waals surface area contributed by atoms with Crippen LogP contribution >= 0.6 is 0 Å². The van der Waals surface area contributed by atoms with Gasteiger partial charge in [0.25, 0.3) is 0 Å². The lowest BCUT2D eigenvalue weighted by Gasteiger charge is -2.35. The number of hydrogen-bond acceptors (Lipinski definition) is 2. The lowest BCUT2D eigenvalue weighted by Crippen LogP contribution is -2.74. The Morgan fingerprint density at radius 3 is 1.65 bits per heavy atom. The lowest BCUT2D eigenvalue weighted by molar-refractivity contribution is 0.601. The van der Waals surface area contributed by atoms with E-state index in [1.165, 1.54) is 53.4 Å². The van der Waals surface area contributed by atoms with E-state index in [2.05, 4.69) is 283 Å². The van der Waals surface area contributed by atoms with E-state index >= 15 is 0 Å². The van der Waals surface area contributed by atoms with Gasteiger partial charge in [-0.05, 0) is 121 Å². The summed E-state index contributed by atoms with van der Waals surface area (Å²) in [5.74, 6) is 0.806. The van der Waals surface area contributed by atoms with Gasteiger partial charge < -0.3 is 13.9 Å². The number of benzene rings is 11. The molecule has 75 heavy (non-hydrogen) atoms. The van der Waals surface area contributed by atoms with E-state index in [9.17, 15) is 0 Å². The summed E-state index contributed by atoms with van der Waals surface area (Å²) >= 11 is 0. The number of hydrogen-bond donors (Lipinski definition) is 0. The van der Waals surface area contributed by atoms with Gasteiger partial charge in [0.05, 0.1) is 16.7 Å². The lowest BCUT2D eigenvalue weighted by atomic mass is 9.97. The molecule has 356 valence electrons. The highest BCUT2D eigenvalue weighted by molar-refractivity contribution is 7.19. The first-order valence-electron chi connectivity index (χ1n) is 25.7.